The van der Waals surface area contributed by atoms with Crippen LogP contribution < -0.4 is 5.32 Å². The maximum Gasteiger partial charge on any atom is 0.271 e. The van der Waals surface area contributed by atoms with Crippen molar-refractivity contribution >= 4 is 29.0 Å². The largest absolute Gasteiger partial charge is 0.376 e. The highest BCUT2D eigenvalue weighted by atomic mass is 32.2. The van der Waals surface area contributed by atoms with Crippen LogP contribution >= 0.6 is 11.8 Å². The van der Waals surface area contributed by atoms with Crippen molar-refractivity contribution in [3.05, 3.63) is 45.5 Å². The molecule has 1 N–H and O–H groups in total. The van der Waals surface area contributed by atoms with E-state index in [1.54, 1.807) is 0 Å². The van der Waals surface area contributed by atoms with Crippen molar-refractivity contribution in [2.75, 3.05) is 17.7 Å². The molecule has 3 rings (SSSR count). The molecule has 1 amide bonds. The molecule has 0 bridgehead atoms. The van der Waals surface area contributed by atoms with Crippen LogP contribution in [0.1, 0.15) is 24.2 Å². The number of aromatic nitrogens is 2. The number of nitrogens with zero attached hydrogens (tertiary/aromatic N) is 3. The third-order valence-corrected chi connectivity index (χ3v) is 5.58. The maximum absolute atomic E-state index is 13.8. The van der Waals surface area contributed by atoms with Gasteiger partial charge in [-0.25, -0.2) is 9.37 Å². The second kappa shape index (κ2) is 8.70. The molecule has 1 saturated heterocycles. The number of carbonyl (C=O) groups is 1. The number of thioether (sulfide) groups is 1. The summed E-state index contributed by atoms with van der Waals surface area (Å²) in [6, 6.07) is 3.01. The Hall–Kier alpha value is -2.46. The molecule has 8 nitrogen and oxygen atoms in total. The molecule has 0 radical (unpaired) electrons. The third kappa shape index (κ3) is 4.68. The number of hydrogen-bond donors (Lipinski definition) is 1. The summed E-state index contributed by atoms with van der Waals surface area (Å²) in [5.41, 5.74) is 1.39. The Labute approximate surface area is 165 Å². The fourth-order valence-corrected chi connectivity index (χ4v) is 3.88. The van der Waals surface area contributed by atoms with Crippen LogP contribution in [0.2, 0.25) is 0 Å². The highest BCUT2D eigenvalue weighted by molar-refractivity contribution is 7.99. The van der Waals surface area contributed by atoms with Gasteiger partial charge in [-0.05, 0) is 32.8 Å². The van der Waals surface area contributed by atoms with Crippen molar-refractivity contribution in [2.24, 2.45) is 0 Å². The van der Waals surface area contributed by atoms with Crippen LogP contribution in [0.5, 0.6) is 0 Å². The van der Waals surface area contributed by atoms with E-state index in [0.29, 0.717) is 11.7 Å². The molecule has 0 aliphatic carbocycles. The van der Waals surface area contributed by atoms with Gasteiger partial charge in [-0.2, -0.15) is 0 Å². The average Bonchev–Trinajstić information content (AvgIpc) is 3.25. The summed E-state index contributed by atoms with van der Waals surface area (Å²) < 4.78 is 21.6. The summed E-state index contributed by atoms with van der Waals surface area (Å²) in [4.78, 5) is 26.9. The van der Waals surface area contributed by atoms with E-state index in [1.165, 1.54) is 11.8 Å². The lowest BCUT2D eigenvalue weighted by Gasteiger charge is -2.14. The molecule has 1 aliphatic rings. The SMILES string of the molecule is Cc1nc(SCC(=O)Nc2cc([N+](=O)[O-])ccc2F)n(C[C@@H]2CCCO2)c1C. The van der Waals surface area contributed by atoms with Crippen molar-refractivity contribution in [2.45, 2.75) is 44.5 Å². The first-order valence-corrected chi connectivity index (χ1v) is 9.85. The van der Waals surface area contributed by atoms with Crippen LogP contribution in [0.25, 0.3) is 0 Å². The Bertz CT molecular complexity index is 896. The Kier molecular flexibility index (Phi) is 6.30. The monoisotopic (exact) mass is 408 g/mol. The van der Waals surface area contributed by atoms with Gasteiger partial charge in [0.2, 0.25) is 5.91 Å². The first-order chi connectivity index (χ1) is 13.3. The van der Waals surface area contributed by atoms with Gasteiger partial charge in [0.15, 0.2) is 5.16 Å². The summed E-state index contributed by atoms with van der Waals surface area (Å²) in [7, 11) is 0. The molecular weight excluding hydrogens is 387 g/mol. The molecular formula is C18H21FN4O4S. The van der Waals surface area contributed by atoms with Crippen LogP contribution in [0.4, 0.5) is 15.8 Å². The molecule has 1 aromatic heterocycles. The molecule has 0 spiro atoms. The highest BCUT2D eigenvalue weighted by Crippen LogP contribution is 2.25. The van der Waals surface area contributed by atoms with Gasteiger partial charge in [-0.15, -0.1) is 0 Å². The van der Waals surface area contributed by atoms with E-state index >= 15 is 0 Å². The number of anilines is 1. The molecule has 150 valence electrons. The van der Waals surface area contributed by atoms with E-state index in [-0.39, 0.29) is 23.2 Å². The third-order valence-electron chi connectivity index (χ3n) is 4.60. The Morgan fingerprint density at radius 1 is 1.50 bits per heavy atom. The van der Waals surface area contributed by atoms with Crippen LogP contribution in [-0.4, -0.2) is 38.8 Å². The van der Waals surface area contributed by atoms with Gasteiger partial charge in [-0.1, -0.05) is 11.8 Å². The van der Waals surface area contributed by atoms with E-state index in [1.807, 2.05) is 18.4 Å². The van der Waals surface area contributed by atoms with Gasteiger partial charge in [0.1, 0.15) is 5.82 Å². The molecule has 0 unspecified atom stereocenters. The average molecular weight is 408 g/mol. The summed E-state index contributed by atoms with van der Waals surface area (Å²) in [5, 5.41) is 13.9. The minimum absolute atomic E-state index is 0.00352. The number of non-ortho nitro benzene ring substituents is 1. The topological polar surface area (TPSA) is 99.3 Å². The van der Waals surface area contributed by atoms with Crippen molar-refractivity contribution in [1.29, 1.82) is 0 Å². The fourth-order valence-electron chi connectivity index (χ4n) is 2.98. The zero-order valence-corrected chi connectivity index (χ0v) is 16.4. The van der Waals surface area contributed by atoms with Crippen molar-refractivity contribution in [3.8, 4) is 0 Å². The number of ether oxygens (including phenoxy) is 1. The van der Waals surface area contributed by atoms with Crippen LogP contribution in [-0.2, 0) is 16.1 Å². The van der Waals surface area contributed by atoms with E-state index in [0.717, 1.165) is 49.0 Å². The summed E-state index contributed by atoms with van der Waals surface area (Å²) in [6.45, 7) is 5.32. The normalized spacial score (nSPS) is 16.3. The molecule has 10 heteroatoms. The minimum Gasteiger partial charge on any atom is -0.376 e. The van der Waals surface area contributed by atoms with Crippen molar-refractivity contribution in [1.82, 2.24) is 9.55 Å². The number of imidazole rings is 1. The van der Waals surface area contributed by atoms with E-state index in [4.69, 9.17) is 4.74 Å². The second-order valence-electron chi connectivity index (χ2n) is 6.57. The van der Waals surface area contributed by atoms with Crippen molar-refractivity contribution in [3.63, 3.8) is 0 Å². The predicted octanol–water partition coefficient (Wildman–Crippen LogP) is 3.46. The zero-order chi connectivity index (χ0) is 20.3. The molecule has 2 heterocycles. The van der Waals surface area contributed by atoms with Gasteiger partial charge < -0.3 is 14.6 Å². The van der Waals surface area contributed by atoms with Gasteiger partial charge in [0.05, 0.1) is 34.7 Å². The Morgan fingerprint density at radius 2 is 2.29 bits per heavy atom. The molecule has 2 aromatic rings. The summed E-state index contributed by atoms with van der Waals surface area (Å²) >= 11 is 1.24. The smallest absolute Gasteiger partial charge is 0.271 e. The summed E-state index contributed by atoms with van der Waals surface area (Å²) in [5.74, 6) is -1.19. The minimum atomic E-state index is -0.726. The second-order valence-corrected chi connectivity index (χ2v) is 7.51. The van der Waals surface area contributed by atoms with Crippen LogP contribution in [0, 0.1) is 29.8 Å². The number of nitro groups is 1. The van der Waals surface area contributed by atoms with E-state index in [9.17, 15) is 19.3 Å². The number of benzene rings is 1. The standard InChI is InChI=1S/C18H21FN4O4S/c1-11-12(2)22(9-14-4-3-7-27-14)18(20-11)28-10-17(24)21-16-8-13(23(25)26)5-6-15(16)19/h5-6,8,14H,3-4,7,9-10H2,1-2H3,(H,21,24)/t14-/m0/s1. The van der Waals surface area contributed by atoms with Gasteiger partial charge in [0.25, 0.3) is 5.69 Å². The number of amides is 1. The maximum atomic E-state index is 13.8. The van der Waals surface area contributed by atoms with Gasteiger partial charge >= 0.3 is 0 Å². The van der Waals surface area contributed by atoms with Crippen molar-refractivity contribution < 1.29 is 18.8 Å². The number of aryl methyl sites for hydroxylation is 1. The molecule has 28 heavy (non-hydrogen) atoms. The fraction of sp³-hybridized carbons (Fsp3) is 0.444. The first-order valence-electron chi connectivity index (χ1n) is 8.87. The van der Waals surface area contributed by atoms with Gasteiger partial charge in [-0.3, -0.25) is 14.9 Å². The number of halogens is 1. The lowest BCUT2D eigenvalue weighted by Crippen LogP contribution is -2.18. The van der Waals surface area contributed by atoms with Crippen LogP contribution in [0.15, 0.2) is 23.4 Å². The molecule has 0 saturated carbocycles. The Balaban J connectivity index is 1.65. The summed E-state index contributed by atoms with van der Waals surface area (Å²) in [6.07, 6.45) is 2.17. The highest BCUT2D eigenvalue weighted by Gasteiger charge is 2.21. The predicted molar refractivity (Wildman–Crippen MR) is 103 cm³/mol. The molecule has 1 aromatic carbocycles. The number of hydrogen-bond acceptors (Lipinski definition) is 6. The van der Waals surface area contributed by atoms with E-state index < -0.39 is 16.6 Å². The number of rotatable bonds is 7. The lowest BCUT2D eigenvalue weighted by molar-refractivity contribution is -0.384. The van der Waals surface area contributed by atoms with E-state index in [2.05, 4.69) is 10.3 Å². The zero-order valence-electron chi connectivity index (χ0n) is 15.6. The molecule has 1 fully saturated rings. The number of nitro benzene ring substituents is 1. The Morgan fingerprint density at radius 3 is 2.96 bits per heavy atom. The van der Waals surface area contributed by atoms with Gasteiger partial charge in [0, 0.05) is 24.4 Å². The first kappa shape index (κ1) is 20.3. The molecule has 1 aliphatic heterocycles. The number of nitrogens with one attached hydrogen (secondary N) is 1. The quantitative estimate of drug-likeness (QED) is 0.428. The number of carbonyl (C=O) groups excluding carboxylic acids is 1. The van der Waals surface area contributed by atoms with Crippen LogP contribution in [0.3, 0.4) is 0 Å². The molecule has 1 atom stereocenters. The lowest BCUT2D eigenvalue weighted by atomic mass is 10.2.